The van der Waals surface area contributed by atoms with Crippen LogP contribution in [0.1, 0.15) is 48.4 Å². The Bertz CT molecular complexity index is 1540. The van der Waals surface area contributed by atoms with Crippen molar-refractivity contribution in [3.8, 4) is 22.5 Å². The Morgan fingerprint density at radius 3 is 2.66 bits per heavy atom. The molecule has 0 atom stereocenters. The molecule has 0 bridgehead atoms. The SMILES string of the molecule is Cc1cc(-c2ccnc3cc(-c4cnn(C)c4)nn23)ccc1CNC(=O)c1noc(C(C)(C)C)n1. The highest BCUT2D eigenvalue weighted by atomic mass is 16.5. The zero-order valence-corrected chi connectivity index (χ0v) is 20.3. The van der Waals surface area contributed by atoms with Gasteiger partial charge >= 0.3 is 0 Å². The fraction of sp³-hybridized carbons (Fsp3) is 0.280. The van der Waals surface area contributed by atoms with Gasteiger partial charge in [0, 0.05) is 48.6 Å². The number of aryl methyl sites for hydroxylation is 2. The Hall–Kier alpha value is -4.34. The summed E-state index contributed by atoms with van der Waals surface area (Å²) in [5.41, 5.74) is 6.13. The van der Waals surface area contributed by atoms with Crippen molar-refractivity contribution < 1.29 is 9.32 Å². The van der Waals surface area contributed by atoms with E-state index in [0.717, 1.165) is 39.3 Å². The van der Waals surface area contributed by atoms with Crippen LogP contribution in [0.3, 0.4) is 0 Å². The van der Waals surface area contributed by atoms with E-state index < -0.39 is 0 Å². The summed E-state index contributed by atoms with van der Waals surface area (Å²) in [6.45, 7) is 8.22. The van der Waals surface area contributed by atoms with E-state index in [0.29, 0.717) is 12.4 Å². The molecule has 4 aromatic heterocycles. The van der Waals surface area contributed by atoms with Gasteiger partial charge in [-0.15, -0.1) is 0 Å². The van der Waals surface area contributed by atoms with E-state index in [4.69, 9.17) is 9.62 Å². The maximum Gasteiger partial charge on any atom is 0.292 e. The van der Waals surface area contributed by atoms with Gasteiger partial charge in [-0.1, -0.05) is 38.1 Å². The van der Waals surface area contributed by atoms with E-state index in [9.17, 15) is 4.79 Å². The van der Waals surface area contributed by atoms with Crippen LogP contribution in [0.25, 0.3) is 28.2 Å². The predicted octanol–water partition coefficient (Wildman–Crippen LogP) is 3.72. The number of nitrogens with one attached hydrogen (secondary N) is 1. The molecule has 4 heterocycles. The molecule has 1 aromatic carbocycles. The van der Waals surface area contributed by atoms with Crippen molar-refractivity contribution in [2.45, 2.75) is 39.7 Å². The first-order valence-corrected chi connectivity index (χ1v) is 11.2. The van der Waals surface area contributed by atoms with Gasteiger partial charge in [0.2, 0.25) is 5.89 Å². The first kappa shape index (κ1) is 22.5. The van der Waals surface area contributed by atoms with Crippen molar-refractivity contribution in [3.63, 3.8) is 0 Å². The molecule has 0 fully saturated rings. The lowest BCUT2D eigenvalue weighted by Gasteiger charge is -2.11. The first-order valence-electron chi connectivity index (χ1n) is 11.2. The largest absolute Gasteiger partial charge is 0.345 e. The van der Waals surface area contributed by atoms with E-state index in [2.05, 4.69) is 31.6 Å². The molecule has 10 heteroatoms. The fourth-order valence-corrected chi connectivity index (χ4v) is 3.74. The third-order valence-electron chi connectivity index (χ3n) is 5.71. The summed E-state index contributed by atoms with van der Waals surface area (Å²) in [5, 5.41) is 15.7. The number of benzene rings is 1. The van der Waals surface area contributed by atoms with Crippen LogP contribution in [0.2, 0.25) is 0 Å². The van der Waals surface area contributed by atoms with Crippen LogP contribution < -0.4 is 5.32 Å². The molecule has 5 rings (SSSR count). The number of carbonyl (C=O) groups is 1. The second-order valence-electron chi connectivity index (χ2n) is 9.53. The van der Waals surface area contributed by atoms with Gasteiger partial charge in [-0.3, -0.25) is 9.48 Å². The number of carbonyl (C=O) groups excluding carboxylic acids is 1. The summed E-state index contributed by atoms with van der Waals surface area (Å²) in [7, 11) is 1.88. The number of amides is 1. The van der Waals surface area contributed by atoms with E-state index >= 15 is 0 Å². The summed E-state index contributed by atoms with van der Waals surface area (Å²) in [5.74, 6) is 0.0895. The average molecular weight is 471 g/mol. The van der Waals surface area contributed by atoms with Crippen molar-refractivity contribution in [2.75, 3.05) is 0 Å². The number of fused-ring (bicyclic) bond motifs is 1. The highest BCUT2D eigenvalue weighted by molar-refractivity contribution is 5.90. The molecule has 0 aliphatic rings. The van der Waals surface area contributed by atoms with Crippen LogP contribution in [-0.4, -0.2) is 40.4 Å². The number of hydrogen-bond donors (Lipinski definition) is 1. The van der Waals surface area contributed by atoms with Gasteiger partial charge in [0.15, 0.2) is 5.65 Å². The third-order valence-corrected chi connectivity index (χ3v) is 5.71. The van der Waals surface area contributed by atoms with Crippen molar-refractivity contribution in [3.05, 3.63) is 71.8 Å². The summed E-state index contributed by atoms with van der Waals surface area (Å²) in [6, 6.07) is 9.97. The third kappa shape index (κ3) is 4.42. The number of nitrogens with zero attached hydrogens (tertiary/aromatic N) is 7. The summed E-state index contributed by atoms with van der Waals surface area (Å²) < 4.78 is 8.80. The number of aromatic nitrogens is 7. The topological polar surface area (TPSA) is 116 Å². The lowest BCUT2D eigenvalue weighted by Crippen LogP contribution is -2.24. The molecule has 10 nitrogen and oxygen atoms in total. The molecule has 0 aliphatic heterocycles. The predicted molar refractivity (Wildman–Crippen MR) is 130 cm³/mol. The Morgan fingerprint density at radius 1 is 1.14 bits per heavy atom. The Balaban J connectivity index is 1.36. The highest BCUT2D eigenvalue weighted by Gasteiger charge is 2.24. The maximum absolute atomic E-state index is 12.5. The van der Waals surface area contributed by atoms with Crippen LogP contribution >= 0.6 is 0 Å². The molecular formula is C25H26N8O2. The Kier molecular flexibility index (Phi) is 5.43. The molecule has 0 saturated carbocycles. The minimum Gasteiger partial charge on any atom is -0.345 e. The van der Waals surface area contributed by atoms with Crippen LogP contribution in [-0.2, 0) is 19.0 Å². The molecule has 178 valence electrons. The number of hydrogen-bond acceptors (Lipinski definition) is 7. The molecule has 0 spiro atoms. The van der Waals surface area contributed by atoms with Gasteiger partial charge < -0.3 is 9.84 Å². The number of rotatable bonds is 5. The molecule has 1 amide bonds. The zero-order valence-electron chi connectivity index (χ0n) is 20.3. The molecular weight excluding hydrogens is 444 g/mol. The molecule has 0 radical (unpaired) electrons. The van der Waals surface area contributed by atoms with E-state index in [1.165, 1.54) is 0 Å². The zero-order chi connectivity index (χ0) is 24.7. The van der Waals surface area contributed by atoms with Crippen molar-refractivity contribution in [1.29, 1.82) is 0 Å². The van der Waals surface area contributed by atoms with Crippen molar-refractivity contribution in [1.82, 2.24) is 39.8 Å². The van der Waals surface area contributed by atoms with Crippen molar-refractivity contribution in [2.24, 2.45) is 7.05 Å². The molecule has 0 aliphatic carbocycles. The van der Waals surface area contributed by atoms with Crippen LogP contribution in [0, 0.1) is 6.92 Å². The van der Waals surface area contributed by atoms with Gasteiger partial charge in [0.1, 0.15) is 0 Å². The van der Waals surface area contributed by atoms with E-state index in [-0.39, 0.29) is 17.1 Å². The van der Waals surface area contributed by atoms with E-state index in [1.54, 1.807) is 17.1 Å². The summed E-state index contributed by atoms with van der Waals surface area (Å²) in [6.07, 6.45) is 5.49. The van der Waals surface area contributed by atoms with Gasteiger partial charge in [-0.2, -0.15) is 15.2 Å². The highest BCUT2D eigenvalue weighted by Crippen LogP contribution is 2.26. The minimum atomic E-state index is -0.372. The second kappa shape index (κ2) is 8.46. The van der Waals surface area contributed by atoms with Gasteiger partial charge in [0.25, 0.3) is 11.7 Å². The van der Waals surface area contributed by atoms with E-state index in [1.807, 2.05) is 69.7 Å². The van der Waals surface area contributed by atoms with Crippen LogP contribution in [0.15, 0.2) is 53.4 Å². The normalized spacial score (nSPS) is 11.8. The quantitative estimate of drug-likeness (QED) is 0.416. The molecule has 0 unspecified atom stereocenters. The standard InChI is InChI=1S/C25H26N8O2/c1-15-10-16(6-7-17(15)12-27-23(34)22-29-24(35-31-22)25(2,3)4)20-8-9-26-21-11-19(30-33(20)21)18-13-28-32(5)14-18/h6-11,13-14H,12H2,1-5H3,(H,27,34). The summed E-state index contributed by atoms with van der Waals surface area (Å²) in [4.78, 5) is 21.2. The van der Waals surface area contributed by atoms with Gasteiger partial charge in [-0.25, -0.2) is 9.50 Å². The first-order chi connectivity index (χ1) is 16.7. The van der Waals surface area contributed by atoms with Gasteiger partial charge in [0.05, 0.1) is 17.6 Å². The lowest BCUT2D eigenvalue weighted by atomic mass is 9.97. The Labute approximate surface area is 202 Å². The molecule has 1 N–H and O–H groups in total. The minimum absolute atomic E-state index is 0.0338. The Morgan fingerprint density at radius 2 is 1.97 bits per heavy atom. The smallest absolute Gasteiger partial charge is 0.292 e. The molecule has 35 heavy (non-hydrogen) atoms. The molecule has 0 saturated heterocycles. The lowest BCUT2D eigenvalue weighted by molar-refractivity contribution is 0.0937. The van der Waals surface area contributed by atoms with Crippen LogP contribution in [0.5, 0.6) is 0 Å². The second-order valence-corrected chi connectivity index (χ2v) is 9.53. The molecule has 5 aromatic rings. The van der Waals surface area contributed by atoms with Gasteiger partial charge in [-0.05, 0) is 30.2 Å². The van der Waals surface area contributed by atoms with Crippen molar-refractivity contribution >= 4 is 11.6 Å². The average Bonchev–Trinajstić information content (AvgIpc) is 3.56. The van der Waals surface area contributed by atoms with Crippen LogP contribution in [0.4, 0.5) is 0 Å². The fourth-order valence-electron chi connectivity index (χ4n) is 3.74. The monoisotopic (exact) mass is 470 g/mol. The summed E-state index contributed by atoms with van der Waals surface area (Å²) >= 11 is 0. The maximum atomic E-state index is 12.5.